The Balaban J connectivity index is 2.23. The third-order valence-electron chi connectivity index (χ3n) is 4.36. The monoisotopic (exact) mass is 339 g/mol. The van der Waals surface area contributed by atoms with E-state index in [1.54, 1.807) is 18.2 Å². The topological polar surface area (TPSA) is 50.2 Å². The Bertz CT molecular complexity index is 921. The molecule has 0 spiro atoms. The molecule has 0 saturated carbocycles. The fourth-order valence-corrected chi connectivity index (χ4v) is 2.95. The van der Waals surface area contributed by atoms with Crippen LogP contribution >= 0.6 is 11.6 Å². The first-order valence-corrected chi connectivity index (χ1v) is 8.31. The molecule has 1 aromatic heterocycles. The van der Waals surface area contributed by atoms with Crippen molar-refractivity contribution < 1.29 is 9.90 Å². The number of fused-ring (bicyclic) bond motifs is 1. The van der Waals surface area contributed by atoms with Crippen LogP contribution in [0.3, 0.4) is 0 Å². The van der Waals surface area contributed by atoms with Gasteiger partial charge in [0.15, 0.2) is 0 Å². The quantitative estimate of drug-likeness (QED) is 0.656. The number of halogens is 1. The molecule has 2 aromatic carbocycles. The van der Waals surface area contributed by atoms with Crippen molar-refractivity contribution in [2.24, 2.45) is 0 Å². The molecule has 0 saturated heterocycles. The standard InChI is InChI=1S/C20H18ClNO2/c1-3-12(2)13-7-8-18-16(10-13)17(20(23)24)11-19(22-18)14-5-4-6-15(21)9-14/h4-12H,3H2,1-2H3,(H,23,24). The van der Waals surface area contributed by atoms with E-state index >= 15 is 0 Å². The van der Waals surface area contributed by atoms with Gasteiger partial charge in [-0.2, -0.15) is 0 Å². The molecular weight excluding hydrogens is 322 g/mol. The zero-order valence-corrected chi connectivity index (χ0v) is 14.3. The maximum absolute atomic E-state index is 11.8. The highest BCUT2D eigenvalue weighted by Gasteiger charge is 2.15. The van der Waals surface area contributed by atoms with Crippen LogP contribution in [0.4, 0.5) is 0 Å². The minimum absolute atomic E-state index is 0.264. The zero-order chi connectivity index (χ0) is 17.3. The van der Waals surface area contributed by atoms with E-state index in [0.29, 0.717) is 27.5 Å². The fraction of sp³-hybridized carbons (Fsp3) is 0.200. The average Bonchev–Trinajstić information content (AvgIpc) is 2.59. The Morgan fingerprint density at radius 2 is 2.00 bits per heavy atom. The Morgan fingerprint density at radius 3 is 2.67 bits per heavy atom. The first kappa shape index (κ1) is 16.5. The third-order valence-corrected chi connectivity index (χ3v) is 4.60. The third kappa shape index (κ3) is 3.13. The van der Waals surface area contributed by atoms with Gasteiger partial charge in [0, 0.05) is 16.0 Å². The summed E-state index contributed by atoms with van der Waals surface area (Å²) in [7, 11) is 0. The van der Waals surface area contributed by atoms with Crippen molar-refractivity contribution >= 4 is 28.5 Å². The molecule has 1 atom stereocenters. The number of carboxylic acid groups (broad SMARTS) is 1. The fourth-order valence-electron chi connectivity index (χ4n) is 2.76. The molecule has 0 fully saturated rings. The van der Waals surface area contributed by atoms with Crippen LogP contribution in [0.2, 0.25) is 5.02 Å². The highest BCUT2D eigenvalue weighted by molar-refractivity contribution is 6.30. The van der Waals surface area contributed by atoms with Gasteiger partial charge in [-0.25, -0.2) is 9.78 Å². The molecule has 3 aromatic rings. The van der Waals surface area contributed by atoms with Gasteiger partial charge < -0.3 is 5.11 Å². The molecule has 0 aliphatic rings. The van der Waals surface area contributed by atoms with Crippen molar-refractivity contribution in [2.45, 2.75) is 26.2 Å². The van der Waals surface area contributed by atoms with Crippen LogP contribution in [0.1, 0.15) is 42.1 Å². The Labute approximate surface area is 145 Å². The molecule has 0 bridgehead atoms. The lowest BCUT2D eigenvalue weighted by molar-refractivity contribution is 0.0699. The number of carboxylic acids is 1. The molecule has 1 unspecified atom stereocenters. The van der Waals surface area contributed by atoms with Crippen LogP contribution < -0.4 is 0 Å². The zero-order valence-electron chi connectivity index (χ0n) is 13.6. The van der Waals surface area contributed by atoms with Crippen molar-refractivity contribution in [1.82, 2.24) is 4.98 Å². The van der Waals surface area contributed by atoms with Crippen molar-refractivity contribution in [3.8, 4) is 11.3 Å². The van der Waals surface area contributed by atoms with E-state index in [9.17, 15) is 9.90 Å². The molecule has 3 rings (SSSR count). The van der Waals surface area contributed by atoms with E-state index in [1.807, 2.05) is 30.3 Å². The number of aromatic carboxylic acids is 1. The van der Waals surface area contributed by atoms with E-state index in [2.05, 4.69) is 18.8 Å². The first-order chi connectivity index (χ1) is 11.5. The summed E-state index contributed by atoms with van der Waals surface area (Å²) in [6, 6.07) is 14.8. The van der Waals surface area contributed by atoms with E-state index in [-0.39, 0.29) is 5.56 Å². The Hall–Kier alpha value is -2.39. The average molecular weight is 340 g/mol. The molecule has 0 aliphatic carbocycles. The predicted octanol–water partition coefficient (Wildman–Crippen LogP) is 5.77. The smallest absolute Gasteiger partial charge is 0.336 e. The van der Waals surface area contributed by atoms with Crippen molar-refractivity contribution in [1.29, 1.82) is 0 Å². The van der Waals surface area contributed by atoms with E-state index in [4.69, 9.17) is 11.6 Å². The second-order valence-electron chi connectivity index (χ2n) is 5.96. The first-order valence-electron chi connectivity index (χ1n) is 7.93. The van der Waals surface area contributed by atoms with Gasteiger partial charge in [-0.15, -0.1) is 0 Å². The van der Waals surface area contributed by atoms with Crippen LogP contribution in [-0.4, -0.2) is 16.1 Å². The SMILES string of the molecule is CCC(C)c1ccc2nc(-c3cccc(Cl)c3)cc(C(=O)O)c2c1. The van der Waals surface area contributed by atoms with E-state index in [0.717, 1.165) is 17.5 Å². The number of rotatable bonds is 4. The van der Waals surface area contributed by atoms with Gasteiger partial charge in [-0.3, -0.25) is 0 Å². The lowest BCUT2D eigenvalue weighted by Crippen LogP contribution is -2.01. The Kier molecular flexibility index (Phi) is 4.54. The van der Waals surface area contributed by atoms with Crippen LogP contribution in [0.25, 0.3) is 22.2 Å². The highest BCUT2D eigenvalue weighted by atomic mass is 35.5. The lowest BCUT2D eigenvalue weighted by Gasteiger charge is -2.12. The number of hydrogen-bond acceptors (Lipinski definition) is 2. The van der Waals surface area contributed by atoms with Gasteiger partial charge in [0.05, 0.1) is 16.8 Å². The molecular formula is C20H18ClNO2. The van der Waals surface area contributed by atoms with Crippen molar-refractivity contribution in [3.63, 3.8) is 0 Å². The molecule has 1 heterocycles. The summed E-state index contributed by atoms with van der Waals surface area (Å²) < 4.78 is 0. The summed E-state index contributed by atoms with van der Waals surface area (Å²) in [4.78, 5) is 16.4. The Morgan fingerprint density at radius 1 is 1.21 bits per heavy atom. The van der Waals surface area contributed by atoms with Crippen LogP contribution in [0.5, 0.6) is 0 Å². The van der Waals surface area contributed by atoms with Gasteiger partial charge in [-0.1, -0.05) is 43.6 Å². The number of benzene rings is 2. The number of aromatic nitrogens is 1. The lowest BCUT2D eigenvalue weighted by atomic mass is 9.95. The summed E-state index contributed by atoms with van der Waals surface area (Å²) in [5.41, 5.74) is 3.48. The highest BCUT2D eigenvalue weighted by Crippen LogP contribution is 2.29. The molecule has 122 valence electrons. The summed E-state index contributed by atoms with van der Waals surface area (Å²) in [5.74, 6) is -0.573. The van der Waals surface area contributed by atoms with Crippen LogP contribution in [0.15, 0.2) is 48.5 Å². The minimum atomic E-state index is -0.952. The van der Waals surface area contributed by atoms with Gasteiger partial charge >= 0.3 is 5.97 Å². The largest absolute Gasteiger partial charge is 0.478 e. The maximum Gasteiger partial charge on any atom is 0.336 e. The molecule has 3 nitrogen and oxygen atoms in total. The molecule has 0 radical (unpaired) electrons. The summed E-state index contributed by atoms with van der Waals surface area (Å²) in [6.45, 7) is 4.25. The minimum Gasteiger partial charge on any atom is -0.478 e. The second-order valence-corrected chi connectivity index (χ2v) is 6.39. The summed E-state index contributed by atoms with van der Waals surface area (Å²) >= 11 is 6.04. The van der Waals surface area contributed by atoms with Crippen LogP contribution in [-0.2, 0) is 0 Å². The normalized spacial score (nSPS) is 12.3. The summed E-state index contributed by atoms with van der Waals surface area (Å²) in [5, 5.41) is 10.9. The van der Waals surface area contributed by atoms with Crippen molar-refractivity contribution in [3.05, 3.63) is 64.7 Å². The summed E-state index contributed by atoms with van der Waals surface area (Å²) in [6.07, 6.45) is 1.00. The molecule has 4 heteroatoms. The molecule has 0 amide bonds. The van der Waals surface area contributed by atoms with Gasteiger partial charge in [0.1, 0.15) is 0 Å². The van der Waals surface area contributed by atoms with E-state index in [1.165, 1.54) is 0 Å². The van der Waals surface area contributed by atoms with Gasteiger partial charge in [0.25, 0.3) is 0 Å². The second kappa shape index (κ2) is 6.62. The molecule has 0 aliphatic heterocycles. The molecule has 1 N–H and O–H groups in total. The van der Waals surface area contributed by atoms with Gasteiger partial charge in [0.2, 0.25) is 0 Å². The maximum atomic E-state index is 11.8. The number of pyridine rings is 1. The number of hydrogen-bond donors (Lipinski definition) is 1. The van der Waals surface area contributed by atoms with Crippen molar-refractivity contribution in [2.75, 3.05) is 0 Å². The van der Waals surface area contributed by atoms with Crippen LogP contribution in [0, 0.1) is 0 Å². The molecule has 24 heavy (non-hydrogen) atoms. The number of nitrogens with zero attached hydrogens (tertiary/aromatic N) is 1. The predicted molar refractivity (Wildman–Crippen MR) is 97.9 cm³/mol. The van der Waals surface area contributed by atoms with E-state index < -0.39 is 5.97 Å². The van der Waals surface area contributed by atoms with Gasteiger partial charge in [-0.05, 0) is 48.2 Å². The number of carbonyl (C=O) groups is 1.